The van der Waals surface area contributed by atoms with E-state index in [1.807, 2.05) is 24.3 Å². The molecule has 2 fully saturated rings. The summed E-state index contributed by atoms with van der Waals surface area (Å²) in [5, 5.41) is 16.4. The predicted octanol–water partition coefficient (Wildman–Crippen LogP) is 2.70. The van der Waals surface area contributed by atoms with Crippen LogP contribution in [-0.2, 0) is 6.54 Å². The summed E-state index contributed by atoms with van der Waals surface area (Å²) in [5.41, 5.74) is 2.68. The van der Waals surface area contributed by atoms with Gasteiger partial charge in [0.2, 0.25) is 5.95 Å². The summed E-state index contributed by atoms with van der Waals surface area (Å²) in [7, 11) is 2.13. The molecule has 182 valence electrons. The molecule has 1 saturated heterocycles. The Morgan fingerprint density at radius 2 is 2.00 bits per heavy atom. The van der Waals surface area contributed by atoms with Crippen LogP contribution >= 0.6 is 0 Å². The minimum atomic E-state index is 0.370. The van der Waals surface area contributed by atoms with E-state index >= 15 is 0 Å². The van der Waals surface area contributed by atoms with Crippen molar-refractivity contribution in [1.29, 1.82) is 0 Å². The van der Waals surface area contributed by atoms with Gasteiger partial charge in [0, 0.05) is 61.6 Å². The lowest BCUT2D eigenvalue weighted by molar-refractivity contribution is 0.312. The lowest BCUT2D eigenvalue weighted by Gasteiger charge is -2.33. The highest BCUT2D eigenvalue weighted by Crippen LogP contribution is 2.40. The monoisotopic (exact) mass is 476 g/mol. The number of hydrazine groups is 1. The van der Waals surface area contributed by atoms with Gasteiger partial charge in [0.25, 0.3) is 0 Å². The highest BCUT2D eigenvalue weighted by molar-refractivity contribution is 5.61. The number of likely N-dealkylation sites (N-methyl/N-ethyl adjacent to an activating group) is 1. The van der Waals surface area contributed by atoms with Crippen molar-refractivity contribution in [3.8, 4) is 11.3 Å². The number of nitrogens with one attached hydrogen (secondary N) is 2. The molecule has 4 aromatic rings. The topological polar surface area (TPSA) is 141 Å². The van der Waals surface area contributed by atoms with E-state index in [2.05, 4.69) is 42.5 Å². The van der Waals surface area contributed by atoms with Crippen LogP contribution in [0.25, 0.3) is 11.3 Å². The number of piperazine rings is 1. The Balaban J connectivity index is 1.24. The zero-order chi connectivity index (χ0) is 23.8. The third-order valence-corrected chi connectivity index (χ3v) is 6.42. The van der Waals surface area contributed by atoms with Crippen molar-refractivity contribution >= 4 is 23.4 Å². The summed E-state index contributed by atoms with van der Waals surface area (Å²) < 4.78 is 10.6. The quantitative estimate of drug-likeness (QED) is 0.255. The third-order valence-electron chi connectivity index (χ3n) is 6.42. The van der Waals surface area contributed by atoms with Crippen LogP contribution in [0.5, 0.6) is 0 Å². The molecular weight excluding hydrogens is 448 g/mol. The van der Waals surface area contributed by atoms with Crippen molar-refractivity contribution in [3.63, 3.8) is 0 Å². The second-order valence-electron chi connectivity index (χ2n) is 9.07. The van der Waals surface area contributed by atoms with Gasteiger partial charge in [-0.25, -0.2) is 10.9 Å². The molecule has 12 nitrogen and oxygen atoms in total. The van der Waals surface area contributed by atoms with Crippen LogP contribution in [0.3, 0.4) is 0 Å². The van der Waals surface area contributed by atoms with Crippen molar-refractivity contribution in [3.05, 3.63) is 48.2 Å². The van der Waals surface area contributed by atoms with Crippen molar-refractivity contribution in [2.75, 3.05) is 48.5 Å². The van der Waals surface area contributed by atoms with Gasteiger partial charge in [-0.3, -0.25) is 5.10 Å². The van der Waals surface area contributed by atoms with Gasteiger partial charge in [0.05, 0.1) is 19.1 Å². The fourth-order valence-corrected chi connectivity index (χ4v) is 4.10. The summed E-state index contributed by atoms with van der Waals surface area (Å²) in [6.07, 6.45) is 5.60. The molecule has 0 spiro atoms. The smallest absolute Gasteiger partial charge is 0.227 e. The highest BCUT2D eigenvalue weighted by atomic mass is 16.5. The van der Waals surface area contributed by atoms with E-state index in [1.165, 1.54) is 17.9 Å². The number of aromatic nitrogens is 5. The van der Waals surface area contributed by atoms with Gasteiger partial charge >= 0.3 is 0 Å². The number of aromatic amines is 1. The molecule has 5 heterocycles. The van der Waals surface area contributed by atoms with E-state index in [-0.39, 0.29) is 0 Å². The first-order valence-corrected chi connectivity index (χ1v) is 11.8. The second-order valence-corrected chi connectivity index (χ2v) is 9.07. The van der Waals surface area contributed by atoms with Crippen molar-refractivity contribution in [2.45, 2.75) is 25.3 Å². The average molecular weight is 477 g/mol. The molecule has 0 bridgehead atoms. The van der Waals surface area contributed by atoms with Gasteiger partial charge in [-0.05, 0) is 26.0 Å². The summed E-state index contributed by atoms with van der Waals surface area (Å²) in [6.45, 7) is 4.05. The summed E-state index contributed by atoms with van der Waals surface area (Å²) in [4.78, 5) is 14.0. The standard InChI is InChI=1S/C23H28N10O2/c1-31-5-7-32(8-6-31)20-12-21(33(24)22-11-18(28-29-22)15-2-3-15)27-23(26-20)25-13-17-10-19(30-35-17)16-4-9-34-14-16/h4,9-12,14-15H,2-3,5-8,13,24H2,1H3,(H,28,29)(H,25,26,27). The van der Waals surface area contributed by atoms with Gasteiger partial charge in [0.15, 0.2) is 17.4 Å². The Hall–Kier alpha value is -3.90. The Morgan fingerprint density at radius 3 is 2.77 bits per heavy atom. The maximum absolute atomic E-state index is 6.47. The molecule has 1 saturated carbocycles. The fourth-order valence-electron chi connectivity index (χ4n) is 4.10. The largest absolute Gasteiger partial charge is 0.472 e. The van der Waals surface area contributed by atoms with Gasteiger partial charge in [-0.1, -0.05) is 5.16 Å². The van der Waals surface area contributed by atoms with Crippen LogP contribution in [0.2, 0.25) is 0 Å². The van der Waals surface area contributed by atoms with E-state index in [9.17, 15) is 0 Å². The van der Waals surface area contributed by atoms with Gasteiger partial charge in [0.1, 0.15) is 11.5 Å². The molecular formula is C23H28N10O2. The van der Waals surface area contributed by atoms with Gasteiger partial charge < -0.3 is 24.1 Å². The number of nitrogens with zero attached hydrogens (tertiary/aromatic N) is 7. The van der Waals surface area contributed by atoms with Gasteiger partial charge in [-0.15, -0.1) is 0 Å². The molecule has 35 heavy (non-hydrogen) atoms. The zero-order valence-corrected chi connectivity index (χ0v) is 19.5. The lowest BCUT2D eigenvalue weighted by atomic mass is 10.2. The van der Waals surface area contributed by atoms with Crippen LogP contribution in [-0.4, -0.2) is 63.4 Å². The molecule has 0 aromatic carbocycles. The lowest BCUT2D eigenvalue weighted by Crippen LogP contribution is -2.45. The first kappa shape index (κ1) is 21.6. The first-order valence-electron chi connectivity index (χ1n) is 11.8. The zero-order valence-electron chi connectivity index (χ0n) is 19.5. The maximum atomic E-state index is 6.47. The van der Waals surface area contributed by atoms with Crippen molar-refractivity contribution in [2.24, 2.45) is 5.84 Å². The molecule has 0 unspecified atom stereocenters. The number of hydrogen-bond donors (Lipinski definition) is 3. The fraction of sp³-hybridized carbons (Fsp3) is 0.391. The summed E-state index contributed by atoms with van der Waals surface area (Å²) in [6, 6.07) is 7.60. The molecule has 4 N–H and O–H groups in total. The van der Waals surface area contributed by atoms with E-state index in [4.69, 9.17) is 19.8 Å². The minimum Gasteiger partial charge on any atom is -0.472 e. The number of anilines is 4. The second kappa shape index (κ2) is 9.04. The number of hydrogen-bond acceptors (Lipinski definition) is 11. The summed E-state index contributed by atoms with van der Waals surface area (Å²) >= 11 is 0. The molecule has 12 heteroatoms. The molecule has 1 aliphatic heterocycles. The van der Waals surface area contributed by atoms with Crippen LogP contribution in [0.15, 0.2) is 45.7 Å². The van der Waals surface area contributed by atoms with E-state index in [0.29, 0.717) is 41.5 Å². The highest BCUT2D eigenvalue weighted by Gasteiger charge is 2.27. The van der Waals surface area contributed by atoms with E-state index in [0.717, 1.165) is 43.3 Å². The van der Waals surface area contributed by atoms with Gasteiger partial charge in [-0.2, -0.15) is 15.1 Å². The van der Waals surface area contributed by atoms with Crippen molar-refractivity contribution in [1.82, 2.24) is 30.2 Å². The van der Waals surface area contributed by atoms with Crippen molar-refractivity contribution < 1.29 is 8.94 Å². The van der Waals surface area contributed by atoms with Crippen LogP contribution in [0, 0.1) is 0 Å². The maximum Gasteiger partial charge on any atom is 0.227 e. The van der Waals surface area contributed by atoms with E-state index < -0.39 is 0 Å². The first-order chi connectivity index (χ1) is 17.1. The Kier molecular flexibility index (Phi) is 5.58. The Labute approximate surface area is 202 Å². The summed E-state index contributed by atoms with van der Waals surface area (Å²) in [5.74, 6) is 10.1. The Bertz CT molecular complexity index is 1270. The molecule has 0 radical (unpaired) electrons. The number of rotatable bonds is 8. The molecule has 4 aromatic heterocycles. The third kappa shape index (κ3) is 4.70. The molecule has 0 atom stereocenters. The number of H-pyrrole nitrogens is 1. The van der Waals surface area contributed by atoms with Crippen LogP contribution in [0.1, 0.15) is 30.2 Å². The SMILES string of the molecule is CN1CCN(c2cc(N(N)c3cc(C4CC4)[nH]n3)nc(NCc3cc(-c4ccoc4)no3)n2)CC1. The number of nitrogens with two attached hydrogens (primary N) is 1. The molecule has 1 aliphatic carbocycles. The molecule has 2 aliphatic rings. The minimum absolute atomic E-state index is 0.370. The average Bonchev–Trinajstić information content (AvgIpc) is 3.27. The molecule has 6 rings (SSSR count). The normalized spacial score (nSPS) is 16.6. The number of furan rings is 1. The van der Waals surface area contributed by atoms with Crippen LogP contribution in [0.4, 0.5) is 23.4 Å². The van der Waals surface area contributed by atoms with E-state index in [1.54, 1.807) is 12.5 Å². The Morgan fingerprint density at radius 1 is 1.14 bits per heavy atom. The van der Waals surface area contributed by atoms with Crippen LogP contribution < -0.4 is 21.1 Å². The predicted molar refractivity (Wildman–Crippen MR) is 130 cm³/mol. The molecule has 0 amide bonds.